The smallest absolute Gasteiger partial charge is 0.441 e. The third kappa shape index (κ3) is 2.38. The first-order chi connectivity index (χ1) is 6.42. The number of benzene rings is 1. The monoisotopic (exact) mass is 205 g/mol. The Bertz CT molecular complexity index is 334. The molecule has 0 unspecified atom stereocenters. The lowest BCUT2D eigenvalue weighted by Crippen LogP contribution is -2.45. The van der Waals surface area contributed by atoms with E-state index in [1.54, 1.807) is 0 Å². The standard InChI is InChI=1S/C8H5F3O3/c9-5-1-3-6(4-2-5)14-8(10,11)7(12)13/h1-4H,(H,12,13)/p-1. The highest BCUT2D eigenvalue weighted by atomic mass is 19.3. The van der Waals surface area contributed by atoms with Gasteiger partial charge in [-0.25, -0.2) is 4.39 Å². The number of hydrogen-bond donors (Lipinski definition) is 0. The summed E-state index contributed by atoms with van der Waals surface area (Å²) in [6.07, 6.45) is -4.42. The minimum Gasteiger partial charge on any atom is -0.541 e. The molecule has 3 nitrogen and oxygen atoms in total. The van der Waals surface area contributed by atoms with Crippen LogP contribution in [-0.2, 0) is 4.79 Å². The average Bonchev–Trinajstić information content (AvgIpc) is 2.08. The average molecular weight is 205 g/mol. The first-order valence-electron chi connectivity index (χ1n) is 3.45. The summed E-state index contributed by atoms with van der Waals surface area (Å²) in [7, 11) is 0. The molecule has 0 bridgehead atoms. The van der Waals surface area contributed by atoms with Gasteiger partial charge in [0.1, 0.15) is 11.6 Å². The van der Waals surface area contributed by atoms with Gasteiger partial charge in [0.15, 0.2) is 5.97 Å². The lowest BCUT2D eigenvalue weighted by Gasteiger charge is -2.17. The van der Waals surface area contributed by atoms with Gasteiger partial charge in [0.2, 0.25) is 0 Å². The summed E-state index contributed by atoms with van der Waals surface area (Å²) in [6, 6.07) is 3.49. The Kier molecular flexibility index (Phi) is 2.64. The number of carboxylic acids is 1. The van der Waals surface area contributed by atoms with Gasteiger partial charge >= 0.3 is 6.11 Å². The molecule has 0 aliphatic rings. The molecular weight excluding hydrogens is 201 g/mol. The van der Waals surface area contributed by atoms with Crippen LogP contribution >= 0.6 is 0 Å². The fraction of sp³-hybridized carbons (Fsp3) is 0.125. The van der Waals surface area contributed by atoms with Crippen LogP contribution in [0.2, 0.25) is 0 Å². The zero-order valence-corrected chi connectivity index (χ0v) is 6.67. The number of carbonyl (C=O) groups excluding carboxylic acids is 1. The minimum atomic E-state index is -4.42. The van der Waals surface area contributed by atoms with Crippen molar-refractivity contribution < 1.29 is 27.8 Å². The Morgan fingerprint density at radius 1 is 1.29 bits per heavy atom. The Morgan fingerprint density at radius 2 is 1.79 bits per heavy atom. The van der Waals surface area contributed by atoms with Gasteiger partial charge in [-0.2, -0.15) is 8.78 Å². The van der Waals surface area contributed by atoms with Gasteiger partial charge < -0.3 is 14.6 Å². The van der Waals surface area contributed by atoms with Gasteiger partial charge in [-0.3, -0.25) is 0 Å². The van der Waals surface area contributed by atoms with E-state index in [0.29, 0.717) is 0 Å². The van der Waals surface area contributed by atoms with Crippen LogP contribution in [0.5, 0.6) is 5.75 Å². The maximum atomic E-state index is 12.4. The lowest BCUT2D eigenvalue weighted by molar-refractivity contribution is -0.350. The summed E-state index contributed by atoms with van der Waals surface area (Å²) in [5.74, 6) is -3.75. The van der Waals surface area contributed by atoms with Crippen molar-refractivity contribution in [2.24, 2.45) is 0 Å². The quantitative estimate of drug-likeness (QED) is 0.723. The van der Waals surface area contributed by atoms with E-state index in [9.17, 15) is 23.1 Å². The molecule has 1 aromatic carbocycles. The molecule has 0 radical (unpaired) electrons. The van der Waals surface area contributed by atoms with E-state index in [1.165, 1.54) is 0 Å². The van der Waals surface area contributed by atoms with Crippen LogP contribution in [0.4, 0.5) is 13.2 Å². The van der Waals surface area contributed by atoms with Gasteiger partial charge in [0, 0.05) is 0 Å². The Morgan fingerprint density at radius 3 is 2.21 bits per heavy atom. The predicted molar refractivity (Wildman–Crippen MR) is 37.0 cm³/mol. The molecular formula is C8H4F3O3-. The van der Waals surface area contributed by atoms with Crippen molar-refractivity contribution in [3.05, 3.63) is 30.1 Å². The van der Waals surface area contributed by atoms with Crippen LogP contribution in [0.15, 0.2) is 24.3 Å². The Labute approximate surface area is 76.7 Å². The molecule has 0 saturated carbocycles. The second-order valence-electron chi connectivity index (χ2n) is 2.36. The van der Waals surface area contributed by atoms with Crippen molar-refractivity contribution in [1.82, 2.24) is 0 Å². The van der Waals surface area contributed by atoms with Crippen LogP contribution < -0.4 is 9.84 Å². The molecule has 76 valence electrons. The first-order valence-corrected chi connectivity index (χ1v) is 3.45. The molecule has 6 heteroatoms. The van der Waals surface area contributed by atoms with Crippen molar-refractivity contribution in [1.29, 1.82) is 0 Å². The summed E-state index contributed by atoms with van der Waals surface area (Å²) < 4.78 is 40.8. The summed E-state index contributed by atoms with van der Waals surface area (Å²) in [4.78, 5) is 9.83. The zero-order valence-electron chi connectivity index (χ0n) is 6.67. The fourth-order valence-electron chi connectivity index (χ4n) is 0.692. The van der Waals surface area contributed by atoms with E-state index in [4.69, 9.17) is 0 Å². The molecule has 1 aromatic rings. The van der Waals surface area contributed by atoms with Crippen molar-refractivity contribution in [2.45, 2.75) is 6.11 Å². The maximum Gasteiger partial charge on any atom is 0.441 e. The number of alkyl halides is 2. The highest BCUT2D eigenvalue weighted by molar-refractivity contribution is 5.71. The summed E-state index contributed by atoms with van der Waals surface area (Å²) in [5.41, 5.74) is 0. The second-order valence-corrected chi connectivity index (χ2v) is 2.36. The maximum absolute atomic E-state index is 12.4. The SMILES string of the molecule is O=C([O-])C(F)(F)Oc1ccc(F)cc1. The van der Waals surface area contributed by atoms with Gasteiger partial charge in [-0.1, -0.05) is 0 Å². The Balaban J connectivity index is 2.79. The number of carboxylic acid groups (broad SMARTS) is 1. The van der Waals surface area contributed by atoms with Gasteiger partial charge in [0.25, 0.3) is 0 Å². The van der Waals surface area contributed by atoms with Crippen LogP contribution in [0.3, 0.4) is 0 Å². The van der Waals surface area contributed by atoms with E-state index >= 15 is 0 Å². The molecule has 14 heavy (non-hydrogen) atoms. The summed E-state index contributed by atoms with van der Waals surface area (Å²) in [6.45, 7) is 0. The molecule has 0 aliphatic heterocycles. The van der Waals surface area contributed by atoms with E-state index in [2.05, 4.69) is 4.74 Å². The first kappa shape index (κ1) is 10.4. The molecule has 0 heterocycles. The zero-order chi connectivity index (χ0) is 10.8. The fourth-order valence-corrected chi connectivity index (χ4v) is 0.692. The molecule has 0 N–H and O–H groups in total. The molecule has 1 rings (SSSR count). The number of hydrogen-bond acceptors (Lipinski definition) is 3. The van der Waals surface area contributed by atoms with Crippen LogP contribution in [0.1, 0.15) is 0 Å². The minimum absolute atomic E-state index is 0.458. The largest absolute Gasteiger partial charge is 0.541 e. The lowest BCUT2D eigenvalue weighted by atomic mass is 10.3. The molecule has 0 atom stereocenters. The molecule has 0 fully saturated rings. The van der Waals surface area contributed by atoms with E-state index in [0.717, 1.165) is 24.3 Å². The van der Waals surface area contributed by atoms with E-state index in [1.807, 2.05) is 0 Å². The van der Waals surface area contributed by atoms with Crippen molar-refractivity contribution >= 4 is 5.97 Å². The van der Waals surface area contributed by atoms with Crippen molar-refractivity contribution in [3.63, 3.8) is 0 Å². The highest BCUT2D eigenvalue weighted by Gasteiger charge is 2.33. The van der Waals surface area contributed by atoms with Gasteiger partial charge in [-0.15, -0.1) is 0 Å². The van der Waals surface area contributed by atoms with Crippen LogP contribution in [0, 0.1) is 5.82 Å². The number of carbonyl (C=O) groups is 1. The van der Waals surface area contributed by atoms with E-state index in [-0.39, 0.29) is 0 Å². The third-order valence-electron chi connectivity index (χ3n) is 1.30. The summed E-state index contributed by atoms with van der Waals surface area (Å²) in [5, 5.41) is 9.83. The van der Waals surface area contributed by atoms with Crippen molar-refractivity contribution in [3.8, 4) is 5.75 Å². The third-order valence-corrected chi connectivity index (χ3v) is 1.30. The molecule has 0 amide bonds. The molecule has 0 saturated heterocycles. The summed E-state index contributed by atoms with van der Waals surface area (Å²) >= 11 is 0. The normalized spacial score (nSPS) is 11.1. The number of halogens is 3. The highest BCUT2D eigenvalue weighted by Crippen LogP contribution is 2.20. The van der Waals surface area contributed by atoms with Crippen molar-refractivity contribution in [2.75, 3.05) is 0 Å². The molecule has 0 aliphatic carbocycles. The number of ether oxygens (including phenoxy) is 1. The molecule has 0 aromatic heterocycles. The second kappa shape index (κ2) is 3.57. The van der Waals surface area contributed by atoms with Gasteiger partial charge in [-0.05, 0) is 24.3 Å². The topological polar surface area (TPSA) is 49.4 Å². The number of aliphatic carboxylic acids is 1. The number of rotatable bonds is 3. The van der Waals surface area contributed by atoms with E-state index < -0.39 is 23.6 Å². The van der Waals surface area contributed by atoms with Crippen LogP contribution in [0.25, 0.3) is 0 Å². The van der Waals surface area contributed by atoms with Crippen LogP contribution in [-0.4, -0.2) is 12.1 Å². The Hall–Kier alpha value is -1.72. The van der Waals surface area contributed by atoms with Gasteiger partial charge in [0.05, 0.1) is 0 Å². The predicted octanol–water partition coefficient (Wildman–Crippen LogP) is 0.547. The molecule has 0 spiro atoms.